The second-order valence-corrected chi connectivity index (χ2v) is 8.82. The minimum absolute atomic E-state index is 0.0225. The van der Waals surface area contributed by atoms with Gasteiger partial charge in [-0.3, -0.25) is 9.59 Å². The number of likely N-dealkylation sites (tertiary alicyclic amines) is 1. The van der Waals surface area contributed by atoms with Crippen LogP contribution in [0.15, 0.2) is 60.2 Å². The van der Waals surface area contributed by atoms with Crippen molar-refractivity contribution in [1.82, 2.24) is 4.90 Å². The van der Waals surface area contributed by atoms with Gasteiger partial charge in [0.1, 0.15) is 11.6 Å². The first-order valence-electron chi connectivity index (χ1n) is 11.3. The van der Waals surface area contributed by atoms with Gasteiger partial charge in [0.2, 0.25) is 5.91 Å². The van der Waals surface area contributed by atoms with Gasteiger partial charge in [0.05, 0.1) is 24.6 Å². The number of carboxylic acid groups (broad SMARTS) is 1. The monoisotopic (exact) mass is 427 g/mol. The molecule has 6 heteroatoms. The normalized spacial score (nSPS) is 32.4. The van der Waals surface area contributed by atoms with Crippen LogP contribution in [0.4, 0.5) is 4.39 Å². The molecule has 1 aliphatic heterocycles. The van der Waals surface area contributed by atoms with Gasteiger partial charge in [0.25, 0.3) is 0 Å². The highest BCUT2D eigenvalue weighted by molar-refractivity contribution is 5.87. The number of carbonyl (C=O) groups excluding carboxylic acids is 1. The molecule has 0 saturated carbocycles. The smallest absolute Gasteiger partial charge is 0.303 e. The molecule has 1 amide bonds. The third-order valence-electron chi connectivity index (χ3n) is 6.72. The van der Waals surface area contributed by atoms with Crippen LogP contribution in [0.1, 0.15) is 44.9 Å². The molecule has 3 aliphatic carbocycles. The Hall–Kier alpha value is -2.63. The molecule has 31 heavy (non-hydrogen) atoms. The minimum Gasteiger partial charge on any atom is -0.493 e. The zero-order valence-electron chi connectivity index (χ0n) is 17.7. The summed E-state index contributed by atoms with van der Waals surface area (Å²) in [6, 6.07) is -0.252. The zero-order valence-corrected chi connectivity index (χ0v) is 17.7. The van der Waals surface area contributed by atoms with Gasteiger partial charge in [0.15, 0.2) is 0 Å². The lowest BCUT2D eigenvalue weighted by molar-refractivity contribution is -0.163. The molecule has 1 fully saturated rings. The number of hydrogen-bond donors (Lipinski definition) is 1. The van der Waals surface area contributed by atoms with Crippen molar-refractivity contribution in [2.75, 3.05) is 6.61 Å². The maximum absolute atomic E-state index is 13.4. The molecule has 5 atom stereocenters. The first-order chi connectivity index (χ1) is 15.0. The fraction of sp³-hybridized carbons (Fsp3) is 0.520. The van der Waals surface area contributed by atoms with Crippen LogP contribution in [0.25, 0.3) is 0 Å². The Balaban J connectivity index is 1.40. The van der Waals surface area contributed by atoms with E-state index >= 15 is 0 Å². The van der Waals surface area contributed by atoms with Gasteiger partial charge >= 0.3 is 5.97 Å². The standard InChI is InChI=1S/C25H30FNO4/c26-19-8-10-20(11-9-19)27-24(22(25(27)30)14-15-23(28)29)18-6-12-21(13-7-18)31-16-17-4-2-1-3-5-17/h2,4,6,8-10,12-13,17-18,20,22,24H,1,3,5,7,11,14-16H2,(H,28,29)/t17?,18?,20?,22?,24-/m1/s1. The van der Waals surface area contributed by atoms with E-state index in [0.29, 0.717) is 25.4 Å². The van der Waals surface area contributed by atoms with Crippen molar-refractivity contribution in [3.05, 3.63) is 60.2 Å². The van der Waals surface area contributed by atoms with Crippen LogP contribution in [-0.4, -0.2) is 40.6 Å². The minimum atomic E-state index is -0.890. The molecule has 0 bridgehead atoms. The highest BCUT2D eigenvalue weighted by Crippen LogP contribution is 2.42. The van der Waals surface area contributed by atoms with Crippen LogP contribution in [0.5, 0.6) is 0 Å². The quantitative estimate of drug-likeness (QED) is 0.451. The number of carbonyl (C=O) groups is 2. The highest BCUT2D eigenvalue weighted by Gasteiger charge is 2.52. The first kappa shape index (κ1) is 21.6. The number of hydrogen-bond acceptors (Lipinski definition) is 3. The maximum atomic E-state index is 13.4. The van der Waals surface area contributed by atoms with Crippen molar-refractivity contribution < 1.29 is 23.8 Å². The summed E-state index contributed by atoms with van der Waals surface area (Å²) < 4.78 is 19.4. The average molecular weight is 428 g/mol. The van der Waals surface area contributed by atoms with Crippen LogP contribution < -0.4 is 0 Å². The van der Waals surface area contributed by atoms with Crippen LogP contribution in [0.3, 0.4) is 0 Å². The maximum Gasteiger partial charge on any atom is 0.303 e. The molecule has 4 rings (SSSR count). The van der Waals surface area contributed by atoms with Crippen molar-refractivity contribution >= 4 is 11.9 Å². The molecule has 0 aromatic carbocycles. The Morgan fingerprint density at radius 1 is 1.19 bits per heavy atom. The lowest BCUT2D eigenvalue weighted by atomic mass is 9.72. The summed E-state index contributed by atoms with van der Waals surface area (Å²) in [6.07, 6.45) is 20.3. The summed E-state index contributed by atoms with van der Waals surface area (Å²) in [4.78, 5) is 25.8. The highest BCUT2D eigenvalue weighted by atomic mass is 19.1. The second-order valence-electron chi connectivity index (χ2n) is 8.82. The first-order valence-corrected chi connectivity index (χ1v) is 11.3. The molecular weight excluding hydrogens is 397 g/mol. The molecule has 166 valence electrons. The lowest BCUT2D eigenvalue weighted by Gasteiger charge is -2.53. The Morgan fingerprint density at radius 3 is 2.71 bits per heavy atom. The third kappa shape index (κ3) is 5.00. The lowest BCUT2D eigenvalue weighted by Crippen LogP contribution is -2.66. The Kier molecular flexibility index (Phi) is 6.73. The molecule has 5 nitrogen and oxygen atoms in total. The number of aliphatic carboxylic acids is 1. The number of ether oxygens (including phenoxy) is 1. The van der Waals surface area contributed by atoms with Crippen molar-refractivity contribution in [2.45, 2.75) is 57.0 Å². The van der Waals surface area contributed by atoms with Gasteiger partial charge in [-0.05, 0) is 62.8 Å². The van der Waals surface area contributed by atoms with E-state index in [1.807, 2.05) is 11.0 Å². The molecule has 0 aromatic heterocycles. The van der Waals surface area contributed by atoms with Gasteiger partial charge in [-0.25, -0.2) is 4.39 Å². The number of amides is 1. The van der Waals surface area contributed by atoms with E-state index in [9.17, 15) is 14.0 Å². The summed E-state index contributed by atoms with van der Waals surface area (Å²) >= 11 is 0. The van der Waals surface area contributed by atoms with Crippen LogP contribution in [0.2, 0.25) is 0 Å². The number of rotatable bonds is 8. The Bertz CT molecular complexity index is 856. The van der Waals surface area contributed by atoms with E-state index in [2.05, 4.69) is 24.3 Å². The van der Waals surface area contributed by atoms with Crippen molar-refractivity contribution in [3.8, 4) is 0 Å². The molecule has 0 radical (unpaired) electrons. The van der Waals surface area contributed by atoms with Gasteiger partial charge in [-0.2, -0.15) is 0 Å². The molecule has 1 saturated heterocycles. The SMILES string of the molecule is O=C(O)CCC1C(=O)N(C2C=CC(F)=CC2)[C@@H]1C1C=CC(OCC2C=CCCC2)=CC1. The number of nitrogens with zero attached hydrogens (tertiary/aromatic N) is 1. The summed E-state index contributed by atoms with van der Waals surface area (Å²) in [7, 11) is 0. The van der Waals surface area contributed by atoms with E-state index in [-0.39, 0.29) is 42.1 Å². The summed E-state index contributed by atoms with van der Waals surface area (Å²) in [5.74, 6) is -0.0808. The molecule has 4 unspecified atom stereocenters. The molecular formula is C25H30FNO4. The predicted molar refractivity (Wildman–Crippen MR) is 115 cm³/mol. The predicted octanol–water partition coefficient (Wildman–Crippen LogP) is 4.69. The fourth-order valence-corrected chi connectivity index (χ4v) is 5.05. The van der Waals surface area contributed by atoms with Crippen LogP contribution in [-0.2, 0) is 14.3 Å². The van der Waals surface area contributed by atoms with Crippen LogP contribution >= 0.6 is 0 Å². The largest absolute Gasteiger partial charge is 0.493 e. The van der Waals surface area contributed by atoms with E-state index in [4.69, 9.17) is 9.84 Å². The van der Waals surface area contributed by atoms with Crippen LogP contribution in [0, 0.1) is 17.8 Å². The number of halogens is 1. The number of β-lactam (4-membered cyclic amide) rings is 1. The van der Waals surface area contributed by atoms with E-state index in [1.165, 1.54) is 18.6 Å². The van der Waals surface area contributed by atoms with E-state index in [0.717, 1.165) is 25.0 Å². The molecule has 1 N–H and O–H groups in total. The zero-order chi connectivity index (χ0) is 21.8. The van der Waals surface area contributed by atoms with Gasteiger partial charge in [-0.1, -0.05) is 24.3 Å². The molecule has 1 heterocycles. The van der Waals surface area contributed by atoms with Gasteiger partial charge < -0.3 is 14.7 Å². The summed E-state index contributed by atoms with van der Waals surface area (Å²) in [6.45, 7) is 0.678. The fourth-order valence-electron chi connectivity index (χ4n) is 5.05. The molecule has 4 aliphatic rings. The number of carboxylic acids is 1. The topological polar surface area (TPSA) is 66.8 Å². The second kappa shape index (κ2) is 9.67. The number of allylic oxidation sites excluding steroid dienone is 5. The molecule has 0 aromatic rings. The van der Waals surface area contributed by atoms with E-state index < -0.39 is 5.97 Å². The third-order valence-corrected chi connectivity index (χ3v) is 6.72. The summed E-state index contributed by atoms with van der Waals surface area (Å²) in [5.41, 5.74) is 0. The van der Waals surface area contributed by atoms with Crippen molar-refractivity contribution in [3.63, 3.8) is 0 Å². The van der Waals surface area contributed by atoms with Gasteiger partial charge in [0, 0.05) is 18.3 Å². The molecule has 0 spiro atoms. The van der Waals surface area contributed by atoms with E-state index in [1.54, 1.807) is 6.08 Å². The van der Waals surface area contributed by atoms with Crippen molar-refractivity contribution in [1.29, 1.82) is 0 Å². The Labute approximate surface area is 182 Å². The summed E-state index contributed by atoms with van der Waals surface area (Å²) in [5, 5.41) is 9.08. The van der Waals surface area contributed by atoms with Gasteiger partial charge in [-0.15, -0.1) is 0 Å². The Morgan fingerprint density at radius 2 is 2.06 bits per heavy atom. The average Bonchev–Trinajstić information content (AvgIpc) is 2.78. The van der Waals surface area contributed by atoms with Crippen molar-refractivity contribution in [2.24, 2.45) is 17.8 Å².